The average Bonchev–Trinajstić information content (AvgIpc) is 2.38. The molecule has 0 fully saturated rings. The smallest absolute Gasteiger partial charge is 0.167 e. The van der Waals surface area contributed by atoms with Crippen molar-refractivity contribution in [3.05, 3.63) is 58.1 Å². The molecule has 0 spiro atoms. The van der Waals surface area contributed by atoms with E-state index < -0.39 is 11.6 Å². The van der Waals surface area contributed by atoms with Crippen LogP contribution in [0.1, 0.15) is 5.56 Å². The monoisotopic (exact) mass is 327 g/mol. The summed E-state index contributed by atoms with van der Waals surface area (Å²) in [5.41, 5.74) is 0.672. The van der Waals surface area contributed by atoms with Crippen LogP contribution in [0.4, 0.5) is 8.78 Å². The first-order valence-corrected chi connectivity index (χ1v) is 6.46. The summed E-state index contributed by atoms with van der Waals surface area (Å²) in [4.78, 5) is 0. The van der Waals surface area contributed by atoms with Gasteiger partial charge in [-0.3, -0.25) is 0 Å². The van der Waals surface area contributed by atoms with Crippen molar-refractivity contribution in [3.63, 3.8) is 0 Å². The van der Waals surface area contributed by atoms with Crippen molar-refractivity contribution in [3.8, 4) is 11.5 Å². The third-order valence-electron chi connectivity index (χ3n) is 2.53. The number of hydrogen-bond donors (Lipinski definition) is 1. The summed E-state index contributed by atoms with van der Waals surface area (Å²) in [5, 5.41) is 2.93. The first kappa shape index (κ1) is 14.0. The van der Waals surface area contributed by atoms with Gasteiger partial charge in [0.15, 0.2) is 11.6 Å². The van der Waals surface area contributed by atoms with Crippen molar-refractivity contribution >= 4 is 15.9 Å². The van der Waals surface area contributed by atoms with Gasteiger partial charge >= 0.3 is 0 Å². The summed E-state index contributed by atoms with van der Waals surface area (Å²) < 4.78 is 33.0. The van der Waals surface area contributed by atoms with E-state index in [0.29, 0.717) is 16.6 Å². The average molecular weight is 328 g/mol. The van der Waals surface area contributed by atoms with Crippen LogP contribution >= 0.6 is 15.9 Å². The SMILES string of the molecule is CNCc1cccc(F)c1Oc1ccc(Br)c(F)c1. The molecule has 0 amide bonds. The number of rotatable bonds is 4. The molecule has 0 radical (unpaired) electrons. The normalized spacial score (nSPS) is 10.5. The Kier molecular flexibility index (Phi) is 4.50. The van der Waals surface area contributed by atoms with Crippen molar-refractivity contribution in [2.45, 2.75) is 6.54 Å². The maximum absolute atomic E-state index is 13.8. The van der Waals surface area contributed by atoms with Gasteiger partial charge in [0.2, 0.25) is 0 Å². The molecule has 0 saturated heterocycles. The van der Waals surface area contributed by atoms with Gasteiger partial charge in [-0.1, -0.05) is 12.1 Å². The van der Waals surface area contributed by atoms with E-state index >= 15 is 0 Å². The Labute approximate surface area is 118 Å². The van der Waals surface area contributed by atoms with Gasteiger partial charge < -0.3 is 10.1 Å². The van der Waals surface area contributed by atoms with E-state index in [9.17, 15) is 8.78 Å². The van der Waals surface area contributed by atoms with Gasteiger partial charge in [-0.2, -0.15) is 0 Å². The molecule has 19 heavy (non-hydrogen) atoms. The number of nitrogens with one attached hydrogen (secondary N) is 1. The lowest BCUT2D eigenvalue weighted by atomic mass is 10.2. The van der Waals surface area contributed by atoms with Crippen molar-refractivity contribution in [2.75, 3.05) is 7.05 Å². The van der Waals surface area contributed by atoms with Crippen LogP contribution in [-0.4, -0.2) is 7.05 Å². The maximum atomic E-state index is 13.8. The van der Waals surface area contributed by atoms with Crippen LogP contribution in [-0.2, 0) is 6.54 Å². The summed E-state index contributed by atoms with van der Waals surface area (Å²) >= 11 is 3.05. The van der Waals surface area contributed by atoms with Gasteiger partial charge in [0.1, 0.15) is 11.6 Å². The zero-order valence-corrected chi connectivity index (χ0v) is 11.8. The molecule has 5 heteroatoms. The molecule has 0 unspecified atom stereocenters. The Morgan fingerprint density at radius 1 is 1.16 bits per heavy atom. The second-order valence-corrected chi connectivity index (χ2v) is 4.79. The largest absolute Gasteiger partial charge is 0.454 e. The first-order valence-electron chi connectivity index (χ1n) is 5.66. The lowest BCUT2D eigenvalue weighted by Gasteiger charge is -2.12. The number of halogens is 3. The van der Waals surface area contributed by atoms with Gasteiger partial charge in [0, 0.05) is 18.2 Å². The van der Waals surface area contributed by atoms with Crippen LogP contribution in [0, 0.1) is 11.6 Å². The molecule has 100 valence electrons. The minimum Gasteiger partial charge on any atom is -0.454 e. The van der Waals surface area contributed by atoms with Crippen LogP contribution in [0.15, 0.2) is 40.9 Å². The Morgan fingerprint density at radius 3 is 2.63 bits per heavy atom. The molecule has 0 aliphatic carbocycles. The molecule has 2 aromatic rings. The van der Waals surface area contributed by atoms with E-state index in [2.05, 4.69) is 21.2 Å². The van der Waals surface area contributed by atoms with Crippen molar-refractivity contribution in [1.82, 2.24) is 5.32 Å². The maximum Gasteiger partial charge on any atom is 0.167 e. The molecule has 2 rings (SSSR count). The van der Waals surface area contributed by atoms with Crippen LogP contribution in [0.3, 0.4) is 0 Å². The molecule has 0 aromatic heterocycles. The van der Waals surface area contributed by atoms with Crippen LogP contribution < -0.4 is 10.1 Å². The molecule has 0 aliphatic heterocycles. The summed E-state index contributed by atoms with van der Waals surface area (Å²) in [6.45, 7) is 0.464. The van der Waals surface area contributed by atoms with Gasteiger partial charge in [-0.15, -0.1) is 0 Å². The summed E-state index contributed by atoms with van der Waals surface area (Å²) in [7, 11) is 1.76. The van der Waals surface area contributed by atoms with E-state index in [4.69, 9.17) is 4.74 Å². The van der Waals surface area contributed by atoms with E-state index in [1.54, 1.807) is 25.2 Å². The van der Waals surface area contributed by atoms with Gasteiger partial charge in [-0.05, 0) is 41.2 Å². The lowest BCUT2D eigenvalue weighted by Crippen LogP contribution is -2.07. The predicted octanol–water partition coefficient (Wildman–Crippen LogP) is 4.24. The molecular weight excluding hydrogens is 316 g/mol. The number of benzene rings is 2. The quantitative estimate of drug-likeness (QED) is 0.906. The lowest BCUT2D eigenvalue weighted by molar-refractivity contribution is 0.431. The van der Waals surface area contributed by atoms with E-state index in [1.165, 1.54) is 18.2 Å². The predicted molar refractivity (Wildman–Crippen MR) is 73.3 cm³/mol. The van der Waals surface area contributed by atoms with Gasteiger partial charge in [0.25, 0.3) is 0 Å². The molecule has 0 saturated carbocycles. The van der Waals surface area contributed by atoms with Crippen molar-refractivity contribution in [2.24, 2.45) is 0 Å². The number of para-hydroxylation sites is 1. The standard InChI is InChI=1S/C14H12BrF2NO/c1-18-8-9-3-2-4-12(16)14(9)19-10-5-6-11(15)13(17)7-10/h2-7,18H,8H2,1H3. The Bertz CT molecular complexity index is 590. The minimum atomic E-state index is -0.476. The molecule has 0 atom stereocenters. The third-order valence-corrected chi connectivity index (χ3v) is 3.17. The van der Waals surface area contributed by atoms with Crippen LogP contribution in [0.2, 0.25) is 0 Å². The highest BCUT2D eigenvalue weighted by atomic mass is 79.9. The zero-order chi connectivity index (χ0) is 13.8. The summed E-state index contributed by atoms with van der Waals surface area (Å²) in [5.74, 6) is -0.568. The fraction of sp³-hybridized carbons (Fsp3) is 0.143. The molecule has 2 nitrogen and oxygen atoms in total. The first-order chi connectivity index (χ1) is 9.11. The summed E-state index contributed by atoms with van der Waals surface area (Å²) in [6.07, 6.45) is 0. The second-order valence-electron chi connectivity index (χ2n) is 3.94. The number of hydrogen-bond acceptors (Lipinski definition) is 2. The third kappa shape index (κ3) is 3.30. The topological polar surface area (TPSA) is 21.3 Å². The molecular formula is C14H12BrF2NO. The Morgan fingerprint density at radius 2 is 1.95 bits per heavy atom. The Hall–Kier alpha value is -1.46. The van der Waals surface area contributed by atoms with E-state index in [0.717, 1.165) is 0 Å². The second kappa shape index (κ2) is 6.12. The highest BCUT2D eigenvalue weighted by molar-refractivity contribution is 9.10. The van der Waals surface area contributed by atoms with Crippen molar-refractivity contribution in [1.29, 1.82) is 0 Å². The van der Waals surface area contributed by atoms with Crippen molar-refractivity contribution < 1.29 is 13.5 Å². The van der Waals surface area contributed by atoms with Crippen LogP contribution in [0.25, 0.3) is 0 Å². The molecule has 0 aliphatic rings. The number of ether oxygens (including phenoxy) is 1. The van der Waals surface area contributed by atoms with Crippen LogP contribution in [0.5, 0.6) is 11.5 Å². The fourth-order valence-electron chi connectivity index (χ4n) is 1.66. The molecule has 1 N–H and O–H groups in total. The Balaban J connectivity index is 2.34. The van der Waals surface area contributed by atoms with Gasteiger partial charge in [0.05, 0.1) is 4.47 Å². The summed E-state index contributed by atoms with van der Waals surface area (Å²) in [6, 6.07) is 8.97. The molecule has 0 heterocycles. The highest BCUT2D eigenvalue weighted by Gasteiger charge is 2.11. The molecule has 0 bridgehead atoms. The fourth-order valence-corrected chi connectivity index (χ4v) is 1.90. The van der Waals surface area contributed by atoms with E-state index in [-0.39, 0.29) is 11.5 Å². The zero-order valence-electron chi connectivity index (χ0n) is 10.2. The highest BCUT2D eigenvalue weighted by Crippen LogP contribution is 2.30. The molecule has 2 aromatic carbocycles. The van der Waals surface area contributed by atoms with Gasteiger partial charge in [-0.25, -0.2) is 8.78 Å². The van der Waals surface area contributed by atoms with E-state index in [1.807, 2.05) is 0 Å². The minimum absolute atomic E-state index is 0.110.